The van der Waals surface area contributed by atoms with Gasteiger partial charge < -0.3 is 15.2 Å². The van der Waals surface area contributed by atoms with Gasteiger partial charge in [-0.25, -0.2) is 4.39 Å². The van der Waals surface area contributed by atoms with Crippen molar-refractivity contribution >= 4 is 11.3 Å². The smallest absolute Gasteiger partial charge is 0.123 e. The number of aliphatic hydroxyl groups excluding tert-OH is 1. The number of hydrogen-bond donors (Lipinski definition) is 2. The molecule has 0 spiro atoms. The predicted octanol–water partition coefficient (Wildman–Crippen LogP) is 3.43. The first-order valence-electron chi connectivity index (χ1n) is 7.95. The van der Waals surface area contributed by atoms with Gasteiger partial charge in [0.05, 0.1) is 6.61 Å². The SMILES string of the molecule is OCC1(CNCc2ccc(-c3cccc(F)c3)s2)CCOCC1. The Hall–Kier alpha value is -1.27. The van der Waals surface area contributed by atoms with Crippen LogP contribution in [0, 0.1) is 11.2 Å². The van der Waals surface area contributed by atoms with Crippen molar-refractivity contribution in [2.45, 2.75) is 19.4 Å². The molecular weight excluding hydrogens is 313 g/mol. The summed E-state index contributed by atoms with van der Waals surface area (Å²) in [5.41, 5.74) is 0.860. The zero-order valence-electron chi connectivity index (χ0n) is 13.1. The minimum absolute atomic E-state index is 0.0547. The highest BCUT2D eigenvalue weighted by Gasteiger charge is 2.31. The van der Waals surface area contributed by atoms with Crippen molar-refractivity contribution < 1.29 is 14.2 Å². The first-order valence-corrected chi connectivity index (χ1v) is 8.76. The molecule has 0 saturated carbocycles. The van der Waals surface area contributed by atoms with Gasteiger partial charge in [0, 0.05) is 41.5 Å². The number of thiophene rings is 1. The minimum atomic E-state index is -0.208. The van der Waals surface area contributed by atoms with Crippen molar-refractivity contribution in [2.24, 2.45) is 5.41 Å². The number of rotatable bonds is 6. The molecule has 0 aliphatic carbocycles. The lowest BCUT2D eigenvalue weighted by atomic mass is 9.81. The van der Waals surface area contributed by atoms with Gasteiger partial charge in [-0.1, -0.05) is 12.1 Å². The number of nitrogens with one attached hydrogen (secondary N) is 1. The van der Waals surface area contributed by atoms with Crippen LogP contribution in [0.15, 0.2) is 36.4 Å². The van der Waals surface area contributed by atoms with Crippen molar-refractivity contribution in [3.63, 3.8) is 0 Å². The largest absolute Gasteiger partial charge is 0.396 e. The molecule has 124 valence electrons. The summed E-state index contributed by atoms with van der Waals surface area (Å²) in [4.78, 5) is 2.29. The molecular formula is C18H22FNO2S. The normalized spacial score (nSPS) is 17.3. The highest BCUT2D eigenvalue weighted by molar-refractivity contribution is 7.15. The van der Waals surface area contributed by atoms with E-state index in [9.17, 15) is 9.50 Å². The first-order chi connectivity index (χ1) is 11.2. The second-order valence-corrected chi connectivity index (χ2v) is 7.32. The van der Waals surface area contributed by atoms with Crippen molar-refractivity contribution in [3.05, 3.63) is 47.1 Å². The van der Waals surface area contributed by atoms with E-state index in [0.717, 1.165) is 49.6 Å². The van der Waals surface area contributed by atoms with Crippen LogP contribution >= 0.6 is 11.3 Å². The third-order valence-corrected chi connectivity index (χ3v) is 5.59. The number of aliphatic hydroxyl groups is 1. The topological polar surface area (TPSA) is 41.5 Å². The second-order valence-electron chi connectivity index (χ2n) is 6.15. The van der Waals surface area contributed by atoms with Crippen molar-refractivity contribution in [2.75, 3.05) is 26.4 Å². The summed E-state index contributed by atoms with van der Waals surface area (Å²) in [6, 6.07) is 10.8. The maximum absolute atomic E-state index is 13.3. The standard InChI is InChI=1S/C18H22FNO2S/c19-15-3-1-2-14(10-15)17-5-4-16(23-17)11-20-12-18(13-21)6-8-22-9-7-18/h1-5,10,20-21H,6-9,11-13H2. The van der Waals surface area contributed by atoms with Crippen molar-refractivity contribution in [1.29, 1.82) is 0 Å². The van der Waals surface area contributed by atoms with Gasteiger partial charge in [-0.2, -0.15) is 0 Å². The Morgan fingerprint density at radius 1 is 1.22 bits per heavy atom. The van der Waals surface area contributed by atoms with E-state index in [-0.39, 0.29) is 17.8 Å². The van der Waals surface area contributed by atoms with E-state index in [1.165, 1.54) is 10.9 Å². The molecule has 2 N–H and O–H groups in total. The summed E-state index contributed by atoms with van der Waals surface area (Å²) >= 11 is 1.67. The molecule has 1 fully saturated rings. The highest BCUT2D eigenvalue weighted by atomic mass is 32.1. The van der Waals surface area contributed by atoms with Crippen LogP contribution in [0.25, 0.3) is 10.4 Å². The van der Waals surface area contributed by atoms with Crippen molar-refractivity contribution in [3.8, 4) is 10.4 Å². The maximum atomic E-state index is 13.3. The Morgan fingerprint density at radius 3 is 2.78 bits per heavy atom. The summed E-state index contributed by atoms with van der Waals surface area (Å²) < 4.78 is 18.7. The lowest BCUT2D eigenvalue weighted by Crippen LogP contribution is -2.41. The summed E-state index contributed by atoms with van der Waals surface area (Å²) in [6.45, 7) is 3.21. The fourth-order valence-corrected chi connectivity index (χ4v) is 3.89. The van der Waals surface area contributed by atoms with Crippen LogP contribution in [0.1, 0.15) is 17.7 Å². The number of ether oxygens (including phenoxy) is 1. The molecule has 23 heavy (non-hydrogen) atoms. The molecule has 2 aromatic rings. The van der Waals surface area contributed by atoms with E-state index in [1.807, 2.05) is 12.1 Å². The van der Waals surface area contributed by atoms with Crippen molar-refractivity contribution in [1.82, 2.24) is 5.32 Å². The summed E-state index contributed by atoms with van der Waals surface area (Å²) in [5, 5.41) is 13.1. The Kier molecular flexibility index (Phi) is 5.43. The van der Waals surface area contributed by atoms with E-state index < -0.39 is 0 Å². The molecule has 1 aromatic heterocycles. The quantitative estimate of drug-likeness (QED) is 0.850. The molecule has 0 amide bonds. The Balaban J connectivity index is 1.57. The lowest BCUT2D eigenvalue weighted by Gasteiger charge is -2.35. The lowest BCUT2D eigenvalue weighted by molar-refractivity contribution is -0.0153. The van der Waals surface area contributed by atoms with Gasteiger partial charge in [-0.15, -0.1) is 11.3 Å². The molecule has 0 unspecified atom stereocenters. The van der Waals surface area contributed by atoms with Crippen LogP contribution in [0.2, 0.25) is 0 Å². The van der Waals surface area contributed by atoms with Gasteiger partial charge in [0.15, 0.2) is 0 Å². The molecule has 1 aromatic carbocycles. The molecule has 1 saturated heterocycles. The molecule has 5 heteroatoms. The van der Waals surface area contributed by atoms with E-state index in [4.69, 9.17) is 4.74 Å². The average Bonchev–Trinajstić information content (AvgIpc) is 3.05. The van der Waals surface area contributed by atoms with Gasteiger partial charge >= 0.3 is 0 Å². The molecule has 0 radical (unpaired) electrons. The third kappa shape index (κ3) is 4.18. The fraction of sp³-hybridized carbons (Fsp3) is 0.444. The monoisotopic (exact) mass is 335 g/mol. The Labute approximate surface area is 140 Å². The van der Waals surface area contributed by atoms with E-state index >= 15 is 0 Å². The number of halogens is 1. The maximum Gasteiger partial charge on any atom is 0.123 e. The number of benzene rings is 1. The van der Waals surface area contributed by atoms with Crippen LogP contribution in [0.5, 0.6) is 0 Å². The predicted molar refractivity (Wildman–Crippen MR) is 91.0 cm³/mol. The van der Waals surface area contributed by atoms with E-state index in [0.29, 0.717) is 0 Å². The molecule has 2 heterocycles. The molecule has 3 nitrogen and oxygen atoms in total. The van der Waals surface area contributed by atoms with Crippen LogP contribution < -0.4 is 5.32 Å². The van der Waals surface area contributed by atoms with Crippen LogP contribution in [-0.2, 0) is 11.3 Å². The summed E-state index contributed by atoms with van der Waals surface area (Å²) in [7, 11) is 0. The molecule has 0 atom stereocenters. The van der Waals surface area contributed by atoms with Gasteiger partial charge in [0.1, 0.15) is 5.82 Å². The second kappa shape index (κ2) is 7.53. The molecule has 1 aliphatic rings. The first kappa shape index (κ1) is 16.6. The third-order valence-electron chi connectivity index (χ3n) is 4.46. The summed E-state index contributed by atoms with van der Waals surface area (Å²) in [6.07, 6.45) is 1.80. The minimum Gasteiger partial charge on any atom is -0.396 e. The van der Waals surface area contributed by atoms with E-state index in [1.54, 1.807) is 23.5 Å². The van der Waals surface area contributed by atoms with Crippen LogP contribution in [-0.4, -0.2) is 31.5 Å². The van der Waals surface area contributed by atoms with Crippen LogP contribution in [0.4, 0.5) is 4.39 Å². The average molecular weight is 335 g/mol. The Bertz CT molecular complexity index is 637. The molecule has 3 rings (SSSR count). The summed E-state index contributed by atoms with van der Waals surface area (Å²) in [5.74, 6) is -0.208. The zero-order chi connectivity index (χ0) is 16.1. The number of hydrogen-bond acceptors (Lipinski definition) is 4. The zero-order valence-corrected chi connectivity index (χ0v) is 13.9. The van der Waals surface area contributed by atoms with Gasteiger partial charge in [0.25, 0.3) is 0 Å². The van der Waals surface area contributed by atoms with Gasteiger partial charge in [-0.3, -0.25) is 0 Å². The van der Waals surface area contributed by atoms with Gasteiger partial charge in [0.2, 0.25) is 0 Å². The van der Waals surface area contributed by atoms with Crippen LogP contribution in [0.3, 0.4) is 0 Å². The Morgan fingerprint density at radius 2 is 2.04 bits per heavy atom. The van der Waals surface area contributed by atoms with Gasteiger partial charge in [-0.05, 0) is 42.7 Å². The molecule has 0 bridgehead atoms. The fourth-order valence-electron chi connectivity index (χ4n) is 2.92. The highest BCUT2D eigenvalue weighted by Crippen LogP contribution is 2.30. The van der Waals surface area contributed by atoms with E-state index in [2.05, 4.69) is 11.4 Å². The molecule has 1 aliphatic heterocycles.